The highest BCUT2D eigenvalue weighted by atomic mass is 32.2. The fraction of sp³-hybridized carbons (Fsp3) is 0.875. The van der Waals surface area contributed by atoms with Gasteiger partial charge in [-0.1, -0.05) is 0 Å². The molecular weight excluding hydrogens is 206 g/mol. The van der Waals surface area contributed by atoms with Crippen molar-refractivity contribution in [2.24, 2.45) is 0 Å². The number of nitrogens with zero attached hydrogens (tertiary/aromatic N) is 1. The summed E-state index contributed by atoms with van der Waals surface area (Å²) in [5.74, 6) is -1.02. The number of carboxylic acids is 1. The number of hydrogen-bond donors (Lipinski definition) is 2. The summed E-state index contributed by atoms with van der Waals surface area (Å²) in [5, 5.41) is 18.0. The molecule has 0 aromatic carbocycles. The third-order valence-corrected chi connectivity index (χ3v) is 3.83. The van der Waals surface area contributed by atoms with Gasteiger partial charge in [0.25, 0.3) is 0 Å². The smallest absolute Gasteiger partial charge is 0.322 e. The van der Waals surface area contributed by atoms with E-state index in [0.29, 0.717) is 0 Å². The molecule has 1 heterocycles. The Morgan fingerprint density at radius 1 is 1.57 bits per heavy atom. The third-order valence-electron chi connectivity index (χ3n) is 2.15. The lowest BCUT2D eigenvalue weighted by Gasteiger charge is -2.21. The summed E-state index contributed by atoms with van der Waals surface area (Å²) in [4.78, 5) is 10.8. The van der Waals surface area contributed by atoms with Crippen LogP contribution in [0.2, 0.25) is 0 Å². The average Bonchev–Trinajstić information content (AvgIpc) is 2.45. The van der Waals surface area contributed by atoms with Gasteiger partial charge in [-0.15, -0.1) is 0 Å². The topological polar surface area (TPSA) is 77.8 Å². The molecule has 0 spiro atoms. The lowest BCUT2D eigenvalue weighted by Crippen LogP contribution is -2.40. The first kappa shape index (κ1) is 11.6. The van der Waals surface area contributed by atoms with Crippen molar-refractivity contribution in [3.05, 3.63) is 0 Å². The molecule has 6 heteroatoms. The fourth-order valence-electron chi connectivity index (χ4n) is 1.48. The molecule has 0 bridgehead atoms. The summed E-state index contributed by atoms with van der Waals surface area (Å²) >= 11 is 0. The Morgan fingerprint density at radius 3 is 2.57 bits per heavy atom. The number of aliphatic carboxylic acids is 1. The van der Waals surface area contributed by atoms with Crippen LogP contribution in [0.5, 0.6) is 0 Å². The molecule has 1 aliphatic rings. The van der Waals surface area contributed by atoms with Gasteiger partial charge in [-0.3, -0.25) is 4.79 Å². The first-order chi connectivity index (χ1) is 6.43. The van der Waals surface area contributed by atoms with Crippen molar-refractivity contribution in [2.45, 2.75) is 37.7 Å². The van der Waals surface area contributed by atoms with Gasteiger partial charge in [0.2, 0.25) is 0 Å². The molecule has 0 saturated carbocycles. The van der Waals surface area contributed by atoms with Crippen LogP contribution < -0.4 is 0 Å². The van der Waals surface area contributed by atoms with E-state index in [4.69, 9.17) is 5.11 Å². The van der Waals surface area contributed by atoms with Crippen molar-refractivity contribution in [1.82, 2.24) is 4.31 Å². The van der Waals surface area contributed by atoms with Crippen molar-refractivity contribution in [3.8, 4) is 0 Å². The molecule has 0 radical (unpaired) electrons. The Morgan fingerprint density at radius 2 is 2.14 bits per heavy atom. The van der Waals surface area contributed by atoms with Crippen molar-refractivity contribution in [3.63, 3.8) is 0 Å². The molecule has 82 valence electrons. The molecule has 3 unspecified atom stereocenters. The number of aliphatic hydroxyl groups excluding tert-OH is 1. The molecule has 5 nitrogen and oxygen atoms in total. The summed E-state index contributed by atoms with van der Waals surface area (Å²) in [5.41, 5.74) is 0. The number of rotatable bonds is 3. The van der Waals surface area contributed by atoms with E-state index < -0.39 is 29.1 Å². The maximum Gasteiger partial charge on any atom is 0.322 e. The molecule has 0 amide bonds. The molecule has 0 aromatic rings. The highest BCUT2D eigenvalue weighted by molar-refractivity contribution is 7.83. The van der Waals surface area contributed by atoms with E-state index >= 15 is 0 Å². The Labute approximate surface area is 85.3 Å². The molecule has 2 N–H and O–H groups in total. The van der Waals surface area contributed by atoms with Crippen LogP contribution in [0.25, 0.3) is 0 Å². The first-order valence-corrected chi connectivity index (χ1v) is 5.68. The fourth-order valence-corrected chi connectivity index (χ4v) is 2.77. The van der Waals surface area contributed by atoms with Crippen molar-refractivity contribution >= 4 is 17.0 Å². The zero-order chi connectivity index (χ0) is 10.9. The summed E-state index contributed by atoms with van der Waals surface area (Å²) in [7, 11) is -1.33. The molecule has 1 saturated heterocycles. The minimum atomic E-state index is -1.33. The highest BCUT2D eigenvalue weighted by Gasteiger charge is 2.39. The van der Waals surface area contributed by atoms with E-state index in [1.54, 1.807) is 13.8 Å². The zero-order valence-corrected chi connectivity index (χ0v) is 9.03. The van der Waals surface area contributed by atoms with Crippen LogP contribution in [-0.4, -0.2) is 48.6 Å². The number of hydrogen-bond acceptors (Lipinski definition) is 3. The Bertz CT molecular complexity index is 256. The van der Waals surface area contributed by atoms with E-state index in [1.807, 2.05) is 0 Å². The van der Waals surface area contributed by atoms with Gasteiger partial charge >= 0.3 is 5.97 Å². The van der Waals surface area contributed by atoms with Crippen LogP contribution in [0.3, 0.4) is 0 Å². The van der Waals surface area contributed by atoms with Gasteiger partial charge in [-0.25, -0.2) is 8.51 Å². The number of carboxylic acid groups (broad SMARTS) is 1. The molecule has 1 aliphatic heterocycles. The second-order valence-electron chi connectivity index (χ2n) is 3.67. The number of β-amino-alcohol motifs (C(OH)–C–C–N with tert-alkyl or cyclic N) is 1. The van der Waals surface area contributed by atoms with E-state index in [2.05, 4.69) is 0 Å². The normalized spacial score (nSPS) is 30.9. The Kier molecular flexibility index (Phi) is 3.63. The van der Waals surface area contributed by atoms with Crippen LogP contribution in [0.4, 0.5) is 0 Å². The molecule has 1 fully saturated rings. The van der Waals surface area contributed by atoms with Gasteiger partial charge in [0.1, 0.15) is 6.04 Å². The van der Waals surface area contributed by atoms with Crippen LogP contribution in [0.1, 0.15) is 20.3 Å². The second kappa shape index (κ2) is 4.37. The SMILES string of the molecule is CC(C)S(=O)N1CC(O)CC1C(=O)O. The lowest BCUT2D eigenvalue weighted by molar-refractivity contribution is -0.140. The van der Waals surface area contributed by atoms with E-state index in [1.165, 1.54) is 4.31 Å². The lowest BCUT2D eigenvalue weighted by atomic mass is 10.2. The van der Waals surface area contributed by atoms with Gasteiger partial charge < -0.3 is 10.2 Å². The minimum absolute atomic E-state index is 0.123. The van der Waals surface area contributed by atoms with Crippen LogP contribution >= 0.6 is 0 Å². The first-order valence-electron chi connectivity index (χ1n) is 4.51. The largest absolute Gasteiger partial charge is 0.480 e. The van der Waals surface area contributed by atoms with E-state index in [-0.39, 0.29) is 18.2 Å². The van der Waals surface area contributed by atoms with Crippen molar-refractivity contribution in [1.29, 1.82) is 0 Å². The van der Waals surface area contributed by atoms with Gasteiger partial charge in [-0.05, 0) is 13.8 Å². The van der Waals surface area contributed by atoms with E-state index in [0.717, 1.165) is 0 Å². The van der Waals surface area contributed by atoms with Gasteiger partial charge in [0.05, 0.1) is 17.1 Å². The minimum Gasteiger partial charge on any atom is -0.480 e. The van der Waals surface area contributed by atoms with Gasteiger partial charge in [0.15, 0.2) is 0 Å². The monoisotopic (exact) mass is 221 g/mol. The maximum absolute atomic E-state index is 11.7. The molecule has 14 heavy (non-hydrogen) atoms. The molecule has 1 rings (SSSR count). The number of aliphatic hydroxyl groups is 1. The Hall–Kier alpha value is -0.460. The standard InChI is InChI=1S/C8H15NO4S/c1-5(2)14(13)9-4-6(10)3-7(9)8(11)12/h5-7,10H,3-4H2,1-2H3,(H,11,12). The summed E-state index contributed by atoms with van der Waals surface area (Å²) < 4.78 is 13.0. The van der Waals surface area contributed by atoms with E-state index in [9.17, 15) is 14.1 Å². The van der Waals surface area contributed by atoms with Gasteiger partial charge in [-0.2, -0.15) is 0 Å². The molecule has 0 aliphatic carbocycles. The number of carbonyl (C=O) groups is 1. The summed E-state index contributed by atoms with van der Waals surface area (Å²) in [6.07, 6.45) is -0.521. The molecular formula is C8H15NO4S. The van der Waals surface area contributed by atoms with Crippen molar-refractivity contribution < 1.29 is 19.2 Å². The summed E-state index contributed by atoms with van der Waals surface area (Å²) in [6, 6.07) is -0.812. The van der Waals surface area contributed by atoms with Crippen molar-refractivity contribution in [2.75, 3.05) is 6.54 Å². The average molecular weight is 221 g/mol. The van der Waals surface area contributed by atoms with Crippen LogP contribution in [0, 0.1) is 0 Å². The quantitative estimate of drug-likeness (QED) is 0.678. The summed E-state index contributed by atoms with van der Waals surface area (Å²) in [6.45, 7) is 3.71. The third kappa shape index (κ3) is 2.31. The molecule has 3 atom stereocenters. The zero-order valence-electron chi connectivity index (χ0n) is 8.21. The van der Waals surface area contributed by atoms with Crippen LogP contribution in [-0.2, 0) is 15.8 Å². The highest BCUT2D eigenvalue weighted by Crippen LogP contribution is 2.21. The molecule has 0 aromatic heterocycles. The Balaban J connectivity index is 2.76. The van der Waals surface area contributed by atoms with Gasteiger partial charge in [0, 0.05) is 18.2 Å². The second-order valence-corrected chi connectivity index (χ2v) is 5.63. The van der Waals surface area contributed by atoms with Crippen LogP contribution in [0.15, 0.2) is 0 Å². The predicted molar refractivity (Wildman–Crippen MR) is 52.0 cm³/mol. The predicted octanol–water partition coefficient (Wildman–Crippen LogP) is -0.422. The maximum atomic E-state index is 11.7.